The first-order chi connectivity index (χ1) is 11.3. The van der Waals surface area contributed by atoms with Gasteiger partial charge in [0, 0.05) is 16.9 Å². The molecule has 0 aliphatic heterocycles. The molecule has 3 aromatic rings. The van der Waals surface area contributed by atoms with Crippen LogP contribution >= 0.6 is 31.9 Å². The summed E-state index contributed by atoms with van der Waals surface area (Å²) in [7, 11) is 0. The van der Waals surface area contributed by atoms with Crippen LogP contribution in [0.3, 0.4) is 0 Å². The van der Waals surface area contributed by atoms with Gasteiger partial charge >= 0.3 is 0 Å². The average molecular weight is 456 g/mol. The number of halogens is 3. The van der Waals surface area contributed by atoms with Gasteiger partial charge in [0.05, 0.1) is 14.5 Å². The molecule has 1 aromatic heterocycles. The Bertz CT molecular complexity index is 937. The number of rotatable bonds is 3. The Morgan fingerprint density at radius 3 is 2.38 bits per heavy atom. The third kappa shape index (κ3) is 2.89. The Labute approximate surface area is 154 Å². The summed E-state index contributed by atoms with van der Waals surface area (Å²) in [5.74, 6) is -0.228. The van der Waals surface area contributed by atoms with Gasteiger partial charge in [0.1, 0.15) is 22.9 Å². The van der Waals surface area contributed by atoms with E-state index in [4.69, 9.17) is 4.42 Å². The highest BCUT2D eigenvalue weighted by Crippen LogP contribution is 2.37. The molecule has 2 aromatic carbocycles. The summed E-state index contributed by atoms with van der Waals surface area (Å²) < 4.78 is 20.2. The largest absolute Gasteiger partial charge is 0.506 e. The molecule has 124 valence electrons. The maximum Gasteiger partial charge on any atom is 0.197 e. The highest BCUT2D eigenvalue weighted by atomic mass is 79.9. The van der Waals surface area contributed by atoms with Crippen molar-refractivity contribution in [1.29, 1.82) is 0 Å². The van der Waals surface area contributed by atoms with E-state index in [1.54, 1.807) is 0 Å². The SMILES string of the molecule is CC(C)c1oc2ccc(F)cc2c1C(=O)c1cc(Br)c(O)c(Br)c1. The Kier molecular flexibility index (Phi) is 4.53. The van der Waals surface area contributed by atoms with Gasteiger partial charge in [0.2, 0.25) is 0 Å². The highest BCUT2D eigenvalue weighted by molar-refractivity contribution is 9.11. The number of fused-ring (bicyclic) bond motifs is 1. The van der Waals surface area contributed by atoms with Crippen molar-refractivity contribution < 1.29 is 18.7 Å². The van der Waals surface area contributed by atoms with E-state index in [9.17, 15) is 14.3 Å². The lowest BCUT2D eigenvalue weighted by Gasteiger charge is -2.08. The van der Waals surface area contributed by atoms with E-state index < -0.39 is 5.82 Å². The molecule has 0 aliphatic rings. The Hall–Kier alpha value is -1.66. The first-order valence-corrected chi connectivity index (χ1v) is 8.83. The predicted molar refractivity (Wildman–Crippen MR) is 97.2 cm³/mol. The van der Waals surface area contributed by atoms with Gasteiger partial charge in [-0.2, -0.15) is 0 Å². The lowest BCUT2D eigenvalue weighted by atomic mass is 9.96. The first kappa shape index (κ1) is 17.2. The summed E-state index contributed by atoms with van der Waals surface area (Å²) >= 11 is 6.44. The number of ketones is 1. The van der Waals surface area contributed by atoms with Gasteiger partial charge in [-0.15, -0.1) is 0 Å². The quantitative estimate of drug-likeness (QED) is 0.481. The minimum atomic E-state index is -0.430. The van der Waals surface area contributed by atoms with Crippen LogP contribution in [0, 0.1) is 5.82 Å². The minimum absolute atomic E-state index is 0.0127. The zero-order valence-electron chi connectivity index (χ0n) is 12.9. The third-order valence-electron chi connectivity index (χ3n) is 3.71. The lowest BCUT2D eigenvalue weighted by Crippen LogP contribution is -2.05. The van der Waals surface area contributed by atoms with Crippen molar-refractivity contribution in [3.63, 3.8) is 0 Å². The van der Waals surface area contributed by atoms with E-state index in [1.165, 1.54) is 30.3 Å². The van der Waals surface area contributed by atoms with E-state index in [2.05, 4.69) is 31.9 Å². The van der Waals surface area contributed by atoms with Crippen LogP contribution in [-0.2, 0) is 0 Å². The smallest absolute Gasteiger partial charge is 0.197 e. The maximum absolute atomic E-state index is 13.7. The molecule has 0 radical (unpaired) electrons. The predicted octanol–water partition coefficient (Wildman–Crippen LogP) is 6.16. The second-order valence-corrected chi connectivity index (χ2v) is 7.46. The summed E-state index contributed by atoms with van der Waals surface area (Å²) in [4.78, 5) is 13.1. The Morgan fingerprint density at radius 1 is 1.17 bits per heavy atom. The van der Waals surface area contributed by atoms with E-state index in [-0.39, 0.29) is 17.5 Å². The lowest BCUT2D eigenvalue weighted by molar-refractivity contribution is 0.103. The van der Waals surface area contributed by atoms with Crippen molar-refractivity contribution in [2.45, 2.75) is 19.8 Å². The fraction of sp³-hybridized carbons (Fsp3) is 0.167. The van der Waals surface area contributed by atoms with E-state index in [0.717, 1.165) is 0 Å². The molecule has 0 spiro atoms. The average Bonchev–Trinajstić information content (AvgIpc) is 2.90. The summed E-state index contributed by atoms with van der Waals surface area (Å²) in [6.07, 6.45) is 0. The van der Waals surface area contributed by atoms with Gasteiger partial charge in [-0.3, -0.25) is 4.79 Å². The molecule has 0 bridgehead atoms. The van der Waals surface area contributed by atoms with Crippen LogP contribution in [0.2, 0.25) is 0 Å². The van der Waals surface area contributed by atoms with Crippen molar-refractivity contribution in [2.24, 2.45) is 0 Å². The molecular formula is C18H13Br2FO3. The monoisotopic (exact) mass is 454 g/mol. The van der Waals surface area contributed by atoms with Gasteiger partial charge in [-0.25, -0.2) is 4.39 Å². The fourth-order valence-electron chi connectivity index (χ4n) is 2.57. The summed E-state index contributed by atoms with van der Waals surface area (Å²) in [6.45, 7) is 3.82. The fourth-order valence-corrected chi connectivity index (χ4v) is 3.76. The van der Waals surface area contributed by atoms with Crippen molar-refractivity contribution in [3.05, 3.63) is 62.0 Å². The molecule has 0 saturated heterocycles. The molecule has 0 saturated carbocycles. The number of hydrogen-bond donors (Lipinski definition) is 1. The Morgan fingerprint density at radius 2 is 1.79 bits per heavy atom. The highest BCUT2D eigenvalue weighted by Gasteiger charge is 2.25. The number of carbonyl (C=O) groups excluding carboxylic acids is 1. The molecule has 0 atom stereocenters. The molecule has 0 amide bonds. The zero-order chi connectivity index (χ0) is 17.6. The van der Waals surface area contributed by atoms with E-state index in [1.807, 2.05) is 13.8 Å². The number of phenols is 1. The van der Waals surface area contributed by atoms with Crippen molar-refractivity contribution in [2.75, 3.05) is 0 Å². The van der Waals surface area contributed by atoms with Gasteiger partial charge in [0.15, 0.2) is 5.78 Å². The second kappa shape index (κ2) is 6.33. The van der Waals surface area contributed by atoms with Gasteiger partial charge in [-0.1, -0.05) is 13.8 Å². The van der Waals surface area contributed by atoms with Crippen LogP contribution in [0.15, 0.2) is 43.7 Å². The van der Waals surface area contributed by atoms with Crippen LogP contribution in [-0.4, -0.2) is 10.9 Å². The van der Waals surface area contributed by atoms with Gasteiger partial charge in [-0.05, 0) is 62.2 Å². The summed E-state index contributed by atoms with van der Waals surface area (Å²) in [5.41, 5.74) is 1.18. The molecule has 6 heteroatoms. The van der Waals surface area contributed by atoms with Gasteiger partial charge in [0.25, 0.3) is 0 Å². The van der Waals surface area contributed by atoms with Crippen molar-refractivity contribution >= 4 is 48.6 Å². The first-order valence-electron chi connectivity index (χ1n) is 7.24. The molecule has 0 aliphatic carbocycles. The van der Waals surface area contributed by atoms with Crippen molar-refractivity contribution in [3.8, 4) is 5.75 Å². The van der Waals surface area contributed by atoms with Crippen LogP contribution in [0.1, 0.15) is 41.4 Å². The zero-order valence-corrected chi connectivity index (χ0v) is 16.0. The number of furan rings is 1. The molecule has 1 N–H and O–H groups in total. The van der Waals surface area contributed by atoms with Gasteiger partial charge < -0.3 is 9.52 Å². The topological polar surface area (TPSA) is 50.4 Å². The van der Waals surface area contributed by atoms with Crippen LogP contribution in [0.25, 0.3) is 11.0 Å². The number of carbonyl (C=O) groups is 1. The maximum atomic E-state index is 13.7. The number of benzene rings is 2. The van der Waals surface area contributed by atoms with Crippen LogP contribution in [0.4, 0.5) is 4.39 Å². The molecular weight excluding hydrogens is 443 g/mol. The minimum Gasteiger partial charge on any atom is -0.506 e. The van der Waals surface area contributed by atoms with E-state index in [0.29, 0.717) is 36.8 Å². The summed E-state index contributed by atoms with van der Waals surface area (Å²) in [5, 5.41) is 10.3. The third-order valence-corrected chi connectivity index (χ3v) is 4.92. The molecule has 3 rings (SSSR count). The van der Waals surface area contributed by atoms with Crippen LogP contribution < -0.4 is 0 Å². The van der Waals surface area contributed by atoms with Crippen molar-refractivity contribution in [1.82, 2.24) is 0 Å². The summed E-state index contributed by atoms with van der Waals surface area (Å²) in [6, 6.07) is 7.20. The molecule has 3 nitrogen and oxygen atoms in total. The van der Waals surface area contributed by atoms with E-state index >= 15 is 0 Å². The van der Waals surface area contributed by atoms with Crippen LogP contribution in [0.5, 0.6) is 5.75 Å². The number of hydrogen-bond acceptors (Lipinski definition) is 3. The molecule has 0 fully saturated rings. The molecule has 24 heavy (non-hydrogen) atoms. The molecule has 0 unspecified atom stereocenters. The number of phenolic OH excluding ortho intramolecular Hbond substituents is 1. The molecule has 1 heterocycles. The Balaban J connectivity index is 2.26. The second-order valence-electron chi connectivity index (χ2n) is 5.75. The standard InChI is InChI=1S/C18H13Br2FO3/c1-8(2)18-15(11-7-10(21)3-4-14(11)24-18)16(22)9-5-12(19)17(23)13(20)6-9/h3-8,23H,1-2H3. The normalized spacial score (nSPS) is 11.4. The number of aromatic hydroxyl groups is 1.